The number of carbonyl (C=O) groups excluding carboxylic acids is 3. The van der Waals surface area contributed by atoms with E-state index < -0.39 is 10.0 Å². The van der Waals surface area contributed by atoms with Gasteiger partial charge in [-0.1, -0.05) is 31.4 Å². The summed E-state index contributed by atoms with van der Waals surface area (Å²) in [6.45, 7) is 0.157. The van der Waals surface area contributed by atoms with Gasteiger partial charge in [-0.3, -0.25) is 19.3 Å². The van der Waals surface area contributed by atoms with E-state index in [1.807, 2.05) is 0 Å². The van der Waals surface area contributed by atoms with E-state index in [-0.39, 0.29) is 41.6 Å². The number of nitrogens with zero attached hydrogens (tertiary/aromatic N) is 1. The Morgan fingerprint density at radius 3 is 2.12 bits per heavy atom. The number of sulfonamides is 1. The molecule has 1 aliphatic heterocycles. The molecule has 2 N–H and O–H groups in total. The summed E-state index contributed by atoms with van der Waals surface area (Å²) in [7, 11) is -3.59. The Morgan fingerprint density at radius 2 is 1.52 bits per heavy atom. The van der Waals surface area contributed by atoms with E-state index in [0.29, 0.717) is 23.2 Å². The SMILES string of the molecule is O=C(CCCN1C(=O)c2ccccc2C1=O)Nc1ccc(S(=O)(=O)NC2CCCCC2)cc1. The Kier molecular flexibility index (Phi) is 6.90. The van der Waals surface area contributed by atoms with E-state index in [2.05, 4.69) is 10.0 Å². The number of anilines is 1. The second kappa shape index (κ2) is 9.84. The van der Waals surface area contributed by atoms with Crippen molar-refractivity contribution in [1.29, 1.82) is 0 Å². The van der Waals surface area contributed by atoms with Crippen molar-refractivity contribution in [2.45, 2.75) is 55.9 Å². The molecule has 0 spiro atoms. The Balaban J connectivity index is 1.26. The van der Waals surface area contributed by atoms with E-state index >= 15 is 0 Å². The van der Waals surface area contributed by atoms with Crippen LogP contribution in [-0.4, -0.2) is 43.6 Å². The third-order valence-corrected chi connectivity index (χ3v) is 7.58. The molecule has 3 amide bonds. The largest absolute Gasteiger partial charge is 0.326 e. The Hall–Kier alpha value is -3.04. The minimum absolute atomic E-state index is 0.0229. The highest BCUT2D eigenvalue weighted by atomic mass is 32.2. The van der Waals surface area contributed by atoms with Gasteiger partial charge in [0.1, 0.15) is 0 Å². The Bertz CT molecular complexity index is 1120. The van der Waals surface area contributed by atoms with E-state index in [9.17, 15) is 22.8 Å². The van der Waals surface area contributed by atoms with Crippen molar-refractivity contribution in [3.8, 4) is 0 Å². The third-order valence-electron chi connectivity index (χ3n) is 6.04. The van der Waals surface area contributed by atoms with Crippen molar-refractivity contribution in [3.63, 3.8) is 0 Å². The Labute approximate surface area is 193 Å². The van der Waals surface area contributed by atoms with E-state index in [4.69, 9.17) is 0 Å². The van der Waals surface area contributed by atoms with Crippen LogP contribution < -0.4 is 10.0 Å². The van der Waals surface area contributed by atoms with Gasteiger partial charge in [0.05, 0.1) is 16.0 Å². The standard InChI is InChI=1S/C24H27N3O5S/c28-22(11-6-16-27-23(29)20-9-4-5-10-21(20)24(27)30)25-17-12-14-19(15-13-17)33(31,32)26-18-7-2-1-3-8-18/h4-5,9-10,12-15,18,26H,1-3,6-8,11,16H2,(H,25,28). The van der Waals surface area contributed by atoms with Gasteiger partial charge in [0.2, 0.25) is 15.9 Å². The number of fused-ring (bicyclic) bond motifs is 1. The monoisotopic (exact) mass is 469 g/mol. The molecule has 1 heterocycles. The first-order chi connectivity index (χ1) is 15.8. The van der Waals surface area contributed by atoms with Crippen LogP contribution in [0, 0.1) is 0 Å². The lowest BCUT2D eigenvalue weighted by Crippen LogP contribution is -2.36. The molecule has 0 atom stereocenters. The van der Waals surface area contributed by atoms with Crippen LogP contribution in [0.5, 0.6) is 0 Å². The van der Waals surface area contributed by atoms with Crippen molar-refractivity contribution in [2.24, 2.45) is 0 Å². The second-order valence-corrected chi connectivity index (χ2v) is 10.2. The van der Waals surface area contributed by atoms with Crippen molar-refractivity contribution in [2.75, 3.05) is 11.9 Å². The van der Waals surface area contributed by atoms with Gasteiger partial charge in [-0.05, 0) is 55.7 Å². The van der Waals surface area contributed by atoms with Crippen LogP contribution in [0.1, 0.15) is 65.7 Å². The molecule has 2 aromatic rings. The summed E-state index contributed by atoms with van der Waals surface area (Å²) >= 11 is 0. The van der Waals surface area contributed by atoms with Crippen LogP contribution in [0.2, 0.25) is 0 Å². The van der Waals surface area contributed by atoms with Crippen LogP contribution in [0.4, 0.5) is 5.69 Å². The number of nitrogens with one attached hydrogen (secondary N) is 2. The molecule has 33 heavy (non-hydrogen) atoms. The van der Waals surface area contributed by atoms with E-state index in [1.165, 1.54) is 12.1 Å². The van der Waals surface area contributed by atoms with Crippen LogP contribution in [0.25, 0.3) is 0 Å². The lowest BCUT2D eigenvalue weighted by Gasteiger charge is -2.22. The van der Waals surface area contributed by atoms with Gasteiger partial charge >= 0.3 is 0 Å². The molecule has 174 valence electrons. The number of hydrogen-bond acceptors (Lipinski definition) is 5. The lowest BCUT2D eigenvalue weighted by atomic mass is 9.96. The molecular weight excluding hydrogens is 442 g/mol. The first-order valence-corrected chi connectivity index (χ1v) is 12.7. The van der Waals surface area contributed by atoms with Gasteiger partial charge in [-0.15, -0.1) is 0 Å². The highest BCUT2D eigenvalue weighted by Crippen LogP contribution is 2.23. The van der Waals surface area contributed by atoms with Gasteiger partial charge in [-0.25, -0.2) is 13.1 Å². The highest BCUT2D eigenvalue weighted by molar-refractivity contribution is 7.89. The summed E-state index contributed by atoms with van der Waals surface area (Å²) in [6, 6.07) is 12.7. The first-order valence-electron chi connectivity index (χ1n) is 11.2. The maximum absolute atomic E-state index is 12.6. The quantitative estimate of drug-likeness (QED) is 0.576. The van der Waals surface area contributed by atoms with Crippen LogP contribution in [0.15, 0.2) is 53.4 Å². The molecular formula is C24H27N3O5S. The molecule has 1 aliphatic carbocycles. The van der Waals surface area contributed by atoms with Crippen molar-refractivity contribution in [3.05, 3.63) is 59.7 Å². The molecule has 0 saturated heterocycles. The molecule has 2 aliphatic rings. The third kappa shape index (κ3) is 5.31. The van der Waals surface area contributed by atoms with Gasteiger partial charge in [0.25, 0.3) is 11.8 Å². The fourth-order valence-corrected chi connectivity index (χ4v) is 5.59. The molecule has 0 radical (unpaired) electrons. The van der Waals surface area contributed by atoms with Crippen LogP contribution in [-0.2, 0) is 14.8 Å². The number of carbonyl (C=O) groups is 3. The summed E-state index contributed by atoms with van der Waals surface area (Å²) in [6.07, 6.45) is 5.37. The number of imide groups is 1. The number of hydrogen-bond donors (Lipinski definition) is 2. The number of rotatable bonds is 8. The molecule has 4 rings (SSSR count). The topological polar surface area (TPSA) is 113 Å². The van der Waals surface area contributed by atoms with Gasteiger partial charge in [0.15, 0.2) is 0 Å². The van der Waals surface area contributed by atoms with E-state index in [1.54, 1.807) is 36.4 Å². The van der Waals surface area contributed by atoms with Crippen molar-refractivity contribution >= 4 is 33.4 Å². The number of benzene rings is 2. The fraction of sp³-hybridized carbons (Fsp3) is 0.375. The average Bonchev–Trinajstić information content (AvgIpc) is 3.05. The summed E-state index contributed by atoms with van der Waals surface area (Å²) in [5.41, 5.74) is 1.26. The number of amides is 3. The van der Waals surface area contributed by atoms with Gasteiger partial charge in [0, 0.05) is 24.7 Å². The molecule has 2 aromatic carbocycles. The zero-order valence-electron chi connectivity index (χ0n) is 18.2. The molecule has 0 aromatic heterocycles. The van der Waals surface area contributed by atoms with E-state index in [0.717, 1.165) is 37.0 Å². The minimum atomic E-state index is -3.59. The summed E-state index contributed by atoms with van der Waals surface area (Å²) < 4.78 is 27.9. The second-order valence-electron chi connectivity index (χ2n) is 8.44. The average molecular weight is 470 g/mol. The summed E-state index contributed by atoms with van der Waals surface area (Å²) in [5.74, 6) is -0.952. The maximum atomic E-state index is 12.6. The zero-order valence-corrected chi connectivity index (χ0v) is 19.1. The fourth-order valence-electron chi connectivity index (χ4n) is 4.29. The van der Waals surface area contributed by atoms with Crippen LogP contribution in [0.3, 0.4) is 0 Å². The summed E-state index contributed by atoms with van der Waals surface area (Å²) in [5, 5.41) is 2.72. The minimum Gasteiger partial charge on any atom is -0.326 e. The zero-order chi connectivity index (χ0) is 23.4. The molecule has 8 nitrogen and oxygen atoms in total. The smallest absolute Gasteiger partial charge is 0.261 e. The maximum Gasteiger partial charge on any atom is 0.261 e. The molecule has 1 saturated carbocycles. The molecule has 9 heteroatoms. The van der Waals surface area contributed by atoms with Crippen molar-refractivity contribution in [1.82, 2.24) is 9.62 Å². The lowest BCUT2D eigenvalue weighted by molar-refractivity contribution is -0.116. The molecule has 0 bridgehead atoms. The van der Waals surface area contributed by atoms with Gasteiger partial charge < -0.3 is 5.32 Å². The van der Waals surface area contributed by atoms with Gasteiger partial charge in [-0.2, -0.15) is 0 Å². The molecule has 0 unspecified atom stereocenters. The summed E-state index contributed by atoms with van der Waals surface area (Å²) in [4.78, 5) is 38.3. The Morgan fingerprint density at radius 1 is 0.909 bits per heavy atom. The first kappa shape index (κ1) is 23.1. The normalized spacial score (nSPS) is 16.7. The molecule has 1 fully saturated rings. The van der Waals surface area contributed by atoms with Crippen LogP contribution >= 0.6 is 0 Å². The highest BCUT2D eigenvalue weighted by Gasteiger charge is 2.34. The predicted molar refractivity (Wildman–Crippen MR) is 123 cm³/mol. The van der Waals surface area contributed by atoms with Crippen molar-refractivity contribution < 1.29 is 22.8 Å². The predicted octanol–water partition coefficient (Wildman–Crippen LogP) is 3.31.